The topological polar surface area (TPSA) is 17.1 Å². The zero-order valence-electron chi connectivity index (χ0n) is 5.02. The molecule has 1 unspecified atom stereocenters. The van der Waals surface area contributed by atoms with Gasteiger partial charge < -0.3 is 0 Å². The number of rotatable bonds is 0. The molecule has 1 aliphatic heterocycles. The Balaban J connectivity index is 2.29. The first-order chi connectivity index (χ1) is 3.79. The van der Waals surface area contributed by atoms with Crippen LogP contribution in [0.1, 0.15) is 19.8 Å². The number of hydrogen-bond acceptors (Lipinski definition) is 2. The first-order valence-electron chi connectivity index (χ1n) is 2.92. The summed E-state index contributed by atoms with van der Waals surface area (Å²) in [5.41, 5.74) is 0. The summed E-state index contributed by atoms with van der Waals surface area (Å²) in [5.74, 6) is 1.18. The van der Waals surface area contributed by atoms with Gasteiger partial charge in [0.2, 0.25) is 0 Å². The molecule has 0 aromatic carbocycles. The summed E-state index contributed by atoms with van der Waals surface area (Å²) in [4.78, 5) is 10.6. The highest BCUT2D eigenvalue weighted by atomic mass is 32.2. The van der Waals surface area contributed by atoms with Crippen LogP contribution in [0.25, 0.3) is 0 Å². The van der Waals surface area contributed by atoms with Crippen LogP contribution in [0.2, 0.25) is 0 Å². The van der Waals surface area contributed by atoms with Crippen LogP contribution in [0.15, 0.2) is 0 Å². The monoisotopic (exact) mass is 130 g/mol. The number of ketones is 1. The minimum atomic E-state index is 0.424. The van der Waals surface area contributed by atoms with Crippen LogP contribution in [-0.4, -0.2) is 16.8 Å². The highest BCUT2D eigenvalue weighted by Crippen LogP contribution is 2.21. The molecule has 1 nitrogen and oxygen atoms in total. The van der Waals surface area contributed by atoms with Crippen molar-refractivity contribution in [3.8, 4) is 0 Å². The maximum Gasteiger partial charge on any atom is 0.142 e. The third-order valence-corrected chi connectivity index (χ3v) is 2.65. The molecule has 1 atom stereocenters. The Morgan fingerprint density at radius 3 is 2.88 bits per heavy atom. The predicted octanol–water partition coefficient (Wildman–Crippen LogP) is 1.47. The SMILES string of the molecule is CC1CCC(=O)CS1. The smallest absolute Gasteiger partial charge is 0.142 e. The van der Waals surface area contributed by atoms with Crippen LogP contribution < -0.4 is 0 Å². The summed E-state index contributed by atoms with van der Waals surface area (Å²) >= 11 is 1.78. The van der Waals surface area contributed by atoms with Gasteiger partial charge >= 0.3 is 0 Å². The van der Waals surface area contributed by atoms with Gasteiger partial charge in [-0.15, -0.1) is 0 Å². The van der Waals surface area contributed by atoms with Crippen LogP contribution in [0, 0.1) is 0 Å². The minimum Gasteiger partial charge on any atom is -0.299 e. The van der Waals surface area contributed by atoms with E-state index in [0.717, 1.165) is 18.6 Å². The molecule has 1 heterocycles. The number of carbonyl (C=O) groups excluding carboxylic acids is 1. The lowest BCUT2D eigenvalue weighted by atomic mass is 10.2. The van der Waals surface area contributed by atoms with Crippen molar-refractivity contribution in [1.29, 1.82) is 0 Å². The molecule has 1 rings (SSSR count). The van der Waals surface area contributed by atoms with Gasteiger partial charge in [0.1, 0.15) is 5.78 Å². The van der Waals surface area contributed by atoms with E-state index in [1.54, 1.807) is 11.8 Å². The van der Waals surface area contributed by atoms with Crippen molar-refractivity contribution in [1.82, 2.24) is 0 Å². The molecule has 1 fully saturated rings. The second kappa shape index (κ2) is 2.53. The van der Waals surface area contributed by atoms with Gasteiger partial charge in [0.25, 0.3) is 0 Å². The zero-order chi connectivity index (χ0) is 5.98. The molecule has 46 valence electrons. The number of carbonyl (C=O) groups is 1. The summed E-state index contributed by atoms with van der Waals surface area (Å²) in [7, 11) is 0. The molecule has 1 aliphatic rings. The molecule has 2 heteroatoms. The van der Waals surface area contributed by atoms with Gasteiger partial charge in [-0.1, -0.05) is 6.92 Å². The fraction of sp³-hybridized carbons (Fsp3) is 0.833. The first-order valence-corrected chi connectivity index (χ1v) is 3.97. The van der Waals surface area contributed by atoms with Crippen molar-refractivity contribution < 1.29 is 4.79 Å². The summed E-state index contributed by atoms with van der Waals surface area (Å²) in [6.45, 7) is 2.18. The van der Waals surface area contributed by atoms with E-state index in [2.05, 4.69) is 6.92 Å². The standard InChI is InChI=1S/C6H10OS/c1-5-2-3-6(7)4-8-5/h5H,2-4H2,1H3. The van der Waals surface area contributed by atoms with Gasteiger partial charge in [0.05, 0.1) is 5.75 Å². The van der Waals surface area contributed by atoms with E-state index < -0.39 is 0 Å². The van der Waals surface area contributed by atoms with E-state index in [1.807, 2.05) is 0 Å². The van der Waals surface area contributed by atoms with Gasteiger partial charge in [-0.3, -0.25) is 4.79 Å². The highest BCUT2D eigenvalue weighted by molar-refractivity contribution is 8.00. The van der Waals surface area contributed by atoms with E-state index >= 15 is 0 Å². The van der Waals surface area contributed by atoms with E-state index in [0.29, 0.717) is 11.0 Å². The van der Waals surface area contributed by atoms with Crippen molar-refractivity contribution in [2.75, 3.05) is 5.75 Å². The third-order valence-electron chi connectivity index (χ3n) is 1.36. The van der Waals surface area contributed by atoms with Crippen molar-refractivity contribution in [3.63, 3.8) is 0 Å². The van der Waals surface area contributed by atoms with E-state index in [1.165, 1.54) is 0 Å². The highest BCUT2D eigenvalue weighted by Gasteiger charge is 2.13. The van der Waals surface area contributed by atoms with Crippen LogP contribution >= 0.6 is 11.8 Å². The van der Waals surface area contributed by atoms with E-state index in [-0.39, 0.29) is 0 Å². The number of thioether (sulfide) groups is 1. The lowest BCUT2D eigenvalue weighted by molar-refractivity contribution is -0.116. The Bertz CT molecular complexity index is 90.7. The number of hydrogen-bond donors (Lipinski definition) is 0. The zero-order valence-corrected chi connectivity index (χ0v) is 5.83. The summed E-state index contributed by atoms with van der Waals surface area (Å²) in [6, 6.07) is 0. The van der Waals surface area contributed by atoms with E-state index in [9.17, 15) is 4.79 Å². The normalized spacial score (nSPS) is 30.6. The fourth-order valence-corrected chi connectivity index (χ4v) is 1.65. The largest absolute Gasteiger partial charge is 0.299 e. The second-order valence-electron chi connectivity index (χ2n) is 2.20. The van der Waals surface area contributed by atoms with Crippen molar-refractivity contribution in [3.05, 3.63) is 0 Å². The van der Waals surface area contributed by atoms with Crippen LogP contribution in [-0.2, 0) is 4.79 Å². The molecule has 1 saturated heterocycles. The van der Waals surface area contributed by atoms with Crippen LogP contribution in [0.3, 0.4) is 0 Å². The van der Waals surface area contributed by atoms with Crippen LogP contribution in [0.4, 0.5) is 0 Å². The third kappa shape index (κ3) is 1.51. The minimum absolute atomic E-state index is 0.424. The second-order valence-corrected chi connectivity index (χ2v) is 3.63. The molecule has 0 aromatic heterocycles. The molecule has 0 spiro atoms. The summed E-state index contributed by atoms with van der Waals surface area (Å²) < 4.78 is 0. The molecule has 0 bridgehead atoms. The summed E-state index contributed by atoms with van der Waals surface area (Å²) in [5, 5.41) is 0.715. The van der Waals surface area contributed by atoms with Gasteiger partial charge in [0.15, 0.2) is 0 Å². The Kier molecular flexibility index (Phi) is 1.95. The van der Waals surface area contributed by atoms with Crippen molar-refractivity contribution >= 4 is 17.5 Å². The molecular formula is C6H10OS. The quantitative estimate of drug-likeness (QED) is 0.494. The van der Waals surface area contributed by atoms with Crippen molar-refractivity contribution in [2.24, 2.45) is 0 Å². The molecular weight excluding hydrogens is 120 g/mol. The Hall–Kier alpha value is 0.0200. The maximum atomic E-state index is 10.6. The summed E-state index contributed by atoms with van der Waals surface area (Å²) in [6.07, 6.45) is 1.90. The Morgan fingerprint density at radius 1 is 1.75 bits per heavy atom. The average Bonchev–Trinajstić information content (AvgIpc) is 1.77. The van der Waals surface area contributed by atoms with Gasteiger partial charge in [-0.2, -0.15) is 11.8 Å². The van der Waals surface area contributed by atoms with Gasteiger partial charge in [0, 0.05) is 11.7 Å². The fourth-order valence-electron chi connectivity index (χ4n) is 0.755. The van der Waals surface area contributed by atoms with Crippen molar-refractivity contribution in [2.45, 2.75) is 25.0 Å². The van der Waals surface area contributed by atoms with Gasteiger partial charge in [-0.05, 0) is 6.42 Å². The molecule has 8 heavy (non-hydrogen) atoms. The molecule has 0 radical (unpaired) electrons. The van der Waals surface area contributed by atoms with Gasteiger partial charge in [-0.25, -0.2) is 0 Å². The first kappa shape index (κ1) is 6.14. The lowest BCUT2D eigenvalue weighted by Gasteiger charge is -2.14. The van der Waals surface area contributed by atoms with E-state index in [4.69, 9.17) is 0 Å². The number of Topliss-reactive ketones (excluding diaryl/α,β-unsaturated/α-hetero) is 1. The molecule has 0 N–H and O–H groups in total. The Labute approximate surface area is 53.8 Å². The molecule has 0 aromatic rings. The predicted molar refractivity (Wildman–Crippen MR) is 36.2 cm³/mol. The Morgan fingerprint density at radius 2 is 2.50 bits per heavy atom. The average molecular weight is 130 g/mol. The maximum absolute atomic E-state index is 10.6. The molecule has 0 saturated carbocycles. The lowest BCUT2D eigenvalue weighted by Crippen LogP contribution is -2.14. The van der Waals surface area contributed by atoms with Crippen LogP contribution in [0.5, 0.6) is 0 Å². The molecule has 0 aliphatic carbocycles. The molecule has 0 amide bonds.